The highest BCUT2D eigenvalue weighted by Crippen LogP contribution is 2.21. The van der Waals surface area contributed by atoms with Crippen LogP contribution in [-0.4, -0.2) is 25.0 Å². The van der Waals surface area contributed by atoms with Crippen LogP contribution in [0.3, 0.4) is 0 Å². The Kier molecular flexibility index (Phi) is 6.52. The number of hydrogen-bond donors (Lipinski definition) is 2. The summed E-state index contributed by atoms with van der Waals surface area (Å²) in [6.07, 6.45) is 5.05. The summed E-state index contributed by atoms with van der Waals surface area (Å²) in [6, 6.07) is 14.7. The standard InChI is InChI=1S/C20H19FN6.ClH/c21-19-7-5-15(6-8-19)20-18(11-24-26-20)10-22-9-16-3-1-2-4-17(16)12-27-14-23-13-25-27;/h1-8,11,13-14,22H,9-10,12H2,(H,24,26);1H. The molecule has 2 aromatic heterocycles. The maximum absolute atomic E-state index is 13.1. The van der Waals surface area contributed by atoms with Crippen molar-refractivity contribution in [1.29, 1.82) is 0 Å². The first kappa shape index (κ1) is 19.7. The van der Waals surface area contributed by atoms with Gasteiger partial charge in [0, 0.05) is 24.2 Å². The summed E-state index contributed by atoms with van der Waals surface area (Å²) in [5.74, 6) is -0.248. The largest absolute Gasteiger partial charge is 0.308 e. The fraction of sp³-hybridized carbons (Fsp3) is 0.150. The molecular formula is C20H20ClFN6. The van der Waals surface area contributed by atoms with E-state index in [0.29, 0.717) is 13.1 Å². The Morgan fingerprint density at radius 1 is 0.964 bits per heavy atom. The summed E-state index contributed by atoms with van der Waals surface area (Å²) < 4.78 is 15.0. The summed E-state index contributed by atoms with van der Waals surface area (Å²) in [5.41, 5.74) is 5.26. The van der Waals surface area contributed by atoms with Gasteiger partial charge >= 0.3 is 0 Å². The van der Waals surface area contributed by atoms with Gasteiger partial charge in [0.25, 0.3) is 0 Å². The first-order valence-corrected chi connectivity index (χ1v) is 8.67. The number of H-pyrrole nitrogens is 1. The molecule has 8 heteroatoms. The SMILES string of the molecule is Cl.Fc1ccc(-c2[nH]ncc2CNCc2ccccc2Cn2cncn2)cc1. The second-order valence-electron chi connectivity index (χ2n) is 6.24. The second-order valence-corrected chi connectivity index (χ2v) is 6.24. The van der Waals surface area contributed by atoms with E-state index >= 15 is 0 Å². The lowest BCUT2D eigenvalue weighted by Gasteiger charge is -2.11. The summed E-state index contributed by atoms with van der Waals surface area (Å²) in [7, 11) is 0. The molecule has 2 aromatic carbocycles. The molecule has 0 saturated carbocycles. The lowest BCUT2D eigenvalue weighted by Crippen LogP contribution is -2.15. The molecule has 4 rings (SSSR count). The average Bonchev–Trinajstić information content (AvgIpc) is 3.36. The van der Waals surface area contributed by atoms with E-state index in [1.54, 1.807) is 24.7 Å². The Labute approximate surface area is 168 Å². The van der Waals surface area contributed by atoms with Crippen LogP contribution in [0, 0.1) is 5.82 Å². The van der Waals surface area contributed by atoms with Crippen molar-refractivity contribution in [3.63, 3.8) is 0 Å². The van der Waals surface area contributed by atoms with Crippen LogP contribution in [0.4, 0.5) is 4.39 Å². The Morgan fingerprint density at radius 3 is 2.46 bits per heavy atom. The molecule has 2 heterocycles. The van der Waals surface area contributed by atoms with Crippen LogP contribution in [0.25, 0.3) is 11.3 Å². The minimum absolute atomic E-state index is 0. The van der Waals surface area contributed by atoms with Crippen molar-refractivity contribution in [3.8, 4) is 11.3 Å². The predicted octanol–water partition coefficient (Wildman–Crippen LogP) is 3.57. The average molecular weight is 399 g/mol. The topological polar surface area (TPSA) is 71.4 Å². The molecule has 0 aliphatic heterocycles. The molecule has 0 saturated heterocycles. The fourth-order valence-electron chi connectivity index (χ4n) is 3.02. The maximum atomic E-state index is 13.1. The molecule has 0 aliphatic rings. The molecule has 6 nitrogen and oxygen atoms in total. The van der Waals surface area contributed by atoms with Crippen LogP contribution in [0.5, 0.6) is 0 Å². The van der Waals surface area contributed by atoms with E-state index in [1.165, 1.54) is 29.6 Å². The summed E-state index contributed by atoms with van der Waals surface area (Å²) in [5, 5.41) is 14.8. The Hall–Kier alpha value is -3.03. The second kappa shape index (κ2) is 9.25. The molecule has 0 bridgehead atoms. The van der Waals surface area contributed by atoms with Crippen LogP contribution in [-0.2, 0) is 19.6 Å². The number of rotatable bonds is 7. The molecule has 0 unspecified atom stereocenters. The molecule has 4 aromatic rings. The molecule has 0 fully saturated rings. The van der Waals surface area contributed by atoms with Crippen LogP contribution in [0.15, 0.2) is 67.4 Å². The molecular weight excluding hydrogens is 379 g/mol. The summed E-state index contributed by atoms with van der Waals surface area (Å²) in [6.45, 7) is 2.06. The van der Waals surface area contributed by atoms with E-state index in [9.17, 15) is 4.39 Å². The number of aromatic nitrogens is 5. The first-order valence-electron chi connectivity index (χ1n) is 8.67. The van der Waals surface area contributed by atoms with E-state index in [0.717, 1.165) is 23.4 Å². The molecule has 0 amide bonds. The number of halogens is 2. The van der Waals surface area contributed by atoms with Gasteiger partial charge in [-0.05, 0) is 35.4 Å². The minimum atomic E-state index is -0.248. The van der Waals surface area contributed by atoms with Crippen molar-refractivity contribution in [2.24, 2.45) is 0 Å². The van der Waals surface area contributed by atoms with Gasteiger partial charge in [-0.2, -0.15) is 10.2 Å². The van der Waals surface area contributed by atoms with Gasteiger partial charge in [0.2, 0.25) is 0 Å². The summed E-state index contributed by atoms with van der Waals surface area (Å²) in [4.78, 5) is 3.99. The van der Waals surface area contributed by atoms with Gasteiger partial charge in [-0.15, -0.1) is 12.4 Å². The zero-order valence-corrected chi connectivity index (χ0v) is 15.9. The highest BCUT2D eigenvalue weighted by molar-refractivity contribution is 5.85. The molecule has 0 spiro atoms. The molecule has 144 valence electrons. The third kappa shape index (κ3) is 4.62. The highest BCUT2D eigenvalue weighted by atomic mass is 35.5. The van der Waals surface area contributed by atoms with Crippen molar-refractivity contribution in [2.75, 3.05) is 0 Å². The lowest BCUT2D eigenvalue weighted by atomic mass is 10.1. The number of aromatic amines is 1. The third-order valence-electron chi connectivity index (χ3n) is 4.40. The van der Waals surface area contributed by atoms with Gasteiger partial charge in [0.15, 0.2) is 0 Å². The number of hydrogen-bond acceptors (Lipinski definition) is 4. The van der Waals surface area contributed by atoms with Crippen molar-refractivity contribution >= 4 is 12.4 Å². The van der Waals surface area contributed by atoms with E-state index in [1.807, 2.05) is 16.8 Å². The van der Waals surface area contributed by atoms with E-state index < -0.39 is 0 Å². The van der Waals surface area contributed by atoms with E-state index in [2.05, 4.69) is 37.7 Å². The van der Waals surface area contributed by atoms with Gasteiger partial charge in [-0.1, -0.05) is 24.3 Å². The van der Waals surface area contributed by atoms with Crippen LogP contribution < -0.4 is 5.32 Å². The Balaban J connectivity index is 0.00000225. The third-order valence-corrected chi connectivity index (χ3v) is 4.40. The zero-order valence-electron chi connectivity index (χ0n) is 15.0. The maximum Gasteiger partial charge on any atom is 0.137 e. The van der Waals surface area contributed by atoms with Crippen molar-refractivity contribution in [3.05, 3.63) is 89.9 Å². The van der Waals surface area contributed by atoms with Crippen LogP contribution in [0.1, 0.15) is 16.7 Å². The van der Waals surface area contributed by atoms with E-state index in [-0.39, 0.29) is 18.2 Å². The van der Waals surface area contributed by atoms with Gasteiger partial charge in [0.05, 0.1) is 18.4 Å². The van der Waals surface area contributed by atoms with Gasteiger partial charge in [-0.25, -0.2) is 14.1 Å². The van der Waals surface area contributed by atoms with Crippen LogP contribution >= 0.6 is 12.4 Å². The number of benzene rings is 2. The quantitative estimate of drug-likeness (QED) is 0.499. The molecule has 0 radical (unpaired) electrons. The van der Waals surface area contributed by atoms with Gasteiger partial charge in [0.1, 0.15) is 18.5 Å². The van der Waals surface area contributed by atoms with Gasteiger partial charge < -0.3 is 5.32 Å². The van der Waals surface area contributed by atoms with Crippen molar-refractivity contribution in [1.82, 2.24) is 30.3 Å². The van der Waals surface area contributed by atoms with Crippen molar-refractivity contribution < 1.29 is 4.39 Å². The number of nitrogens with zero attached hydrogens (tertiary/aromatic N) is 4. The predicted molar refractivity (Wildman–Crippen MR) is 107 cm³/mol. The monoisotopic (exact) mass is 398 g/mol. The fourth-order valence-corrected chi connectivity index (χ4v) is 3.02. The molecule has 28 heavy (non-hydrogen) atoms. The Bertz CT molecular complexity index is 998. The summed E-state index contributed by atoms with van der Waals surface area (Å²) >= 11 is 0. The van der Waals surface area contributed by atoms with Crippen LogP contribution in [0.2, 0.25) is 0 Å². The molecule has 2 N–H and O–H groups in total. The van der Waals surface area contributed by atoms with Gasteiger partial charge in [-0.3, -0.25) is 5.10 Å². The minimum Gasteiger partial charge on any atom is -0.308 e. The number of nitrogens with one attached hydrogen (secondary N) is 2. The zero-order chi connectivity index (χ0) is 18.5. The first-order chi connectivity index (χ1) is 13.3. The normalized spacial score (nSPS) is 10.6. The van der Waals surface area contributed by atoms with E-state index in [4.69, 9.17) is 0 Å². The lowest BCUT2D eigenvalue weighted by molar-refractivity contribution is 0.628. The molecule has 0 atom stereocenters. The Morgan fingerprint density at radius 2 is 1.71 bits per heavy atom. The molecule has 0 aliphatic carbocycles. The highest BCUT2D eigenvalue weighted by Gasteiger charge is 2.09. The van der Waals surface area contributed by atoms with Crippen molar-refractivity contribution in [2.45, 2.75) is 19.6 Å². The smallest absolute Gasteiger partial charge is 0.137 e.